The van der Waals surface area contributed by atoms with Gasteiger partial charge in [0.2, 0.25) is 0 Å². The highest BCUT2D eigenvalue weighted by molar-refractivity contribution is 9.10. The van der Waals surface area contributed by atoms with Gasteiger partial charge in [0.05, 0.1) is 0 Å². The minimum atomic E-state index is 0.147. The van der Waals surface area contributed by atoms with E-state index in [2.05, 4.69) is 38.8 Å². The second kappa shape index (κ2) is 6.36. The second-order valence-electron chi connectivity index (χ2n) is 4.35. The summed E-state index contributed by atoms with van der Waals surface area (Å²) in [6, 6.07) is 8.27. The number of ether oxygens (including phenoxy) is 1. The maximum Gasteiger partial charge on any atom is 0.120 e. The van der Waals surface area contributed by atoms with Crippen LogP contribution < -0.4 is 10.5 Å². The molecule has 0 radical (unpaired) electrons. The van der Waals surface area contributed by atoms with Gasteiger partial charge in [-0.1, -0.05) is 15.9 Å². The Bertz CT molecular complexity index is 497. The van der Waals surface area contributed by atoms with Crippen molar-refractivity contribution in [3.05, 3.63) is 50.6 Å². The Morgan fingerprint density at radius 2 is 2.22 bits per heavy atom. The largest absolute Gasteiger partial charge is 0.489 e. The van der Waals surface area contributed by atoms with Gasteiger partial charge in [-0.25, -0.2) is 0 Å². The minimum absolute atomic E-state index is 0.147. The van der Waals surface area contributed by atoms with E-state index >= 15 is 0 Å². The van der Waals surface area contributed by atoms with Crippen molar-refractivity contribution in [3.63, 3.8) is 0 Å². The van der Waals surface area contributed by atoms with E-state index in [0.29, 0.717) is 6.61 Å². The number of thiophene rings is 1. The van der Waals surface area contributed by atoms with Crippen LogP contribution in [0.4, 0.5) is 0 Å². The van der Waals surface area contributed by atoms with E-state index in [1.807, 2.05) is 19.1 Å². The molecule has 1 atom stereocenters. The van der Waals surface area contributed by atoms with Gasteiger partial charge in [0.1, 0.15) is 12.4 Å². The number of hydrogen-bond donors (Lipinski definition) is 1. The highest BCUT2D eigenvalue weighted by atomic mass is 79.9. The zero-order valence-electron chi connectivity index (χ0n) is 10.2. The standard InChI is InChI=1S/C14H16BrNOS/c1-10(16)6-12-7-13(2-3-14(12)15)17-8-11-4-5-18-9-11/h2-5,7,9-10H,6,8,16H2,1H3. The first-order chi connectivity index (χ1) is 8.65. The Labute approximate surface area is 120 Å². The van der Waals surface area contributed by atoms with Crippen molar-refractivity contribution in [3.8, 4) is 5.75 Å². The monoisotopic (exact) mass is 325 g/mol. The zero-order valence-corrected chi connectivity index (χ0v) is 12.6. The third-order valence-corrected chi connectivity index (χ3v) is 4.05. The second-order valence-corrected chi connectivity index (χ2v) is 5.99. The van der Waals surface area contributed by atoms with Gasteiger partial charge in [0, 0.05) is 10.5 Å². The van der Waals surface area contributed by atoms with E-state index in [4.69, 9.17) is 10.5 Å². The van der Waals surface area contributed by atoms with Crippen LogP contribution >= 0.6 is 27.3 Å². The normalized spacial score (nSPS) is 12.4. The van der Waals surface area contributed by atoms with E-state index in [1.54, 1.807) is 11.3 Å². The van der Waals surface area contributed by atoms with Crippen LogP contribution in [0.3, 0.4) is 0 Å². The minimum Gasteiger partial charge on any atom is -0.489 e. The summed E-state index contributed by atoms with van der Waals surface area (Å²) < 4.78 is 6.86. The molecule has 2 aromatic rings. The molecule has 96 valence electrons. The first-order valence-electron chi connectivity index (χ1n) is 5.83. The molecule has 0 spiro atoms. The van der Waals surface area contributed by atoms with Crippen LogP contribution in [-0.2, 0) is 13.0 Å². The van der Waals surface area contributed by atoms with Crippen LogP contribution in [0.1, 0.15) is 18.1 Å². The maximum atomic E-state index is 5.83. The Kier molecular flexibility index (Phi) is 4.80. The van der Waals surface area contributed by atoms with Gasteiger partial charge < -0.3 is 10.5 Å². The topological polar surface area (TPSA) is 35.2 Å². The Morgan fingerprint density at radius 1 is 1.39 bits per heavy atom. The first-order valence-corrected chi connectivity index (χ1v) is 7.56. The summed E-state index contributed by atoms with van der Waals surface area (Å²) in [5, 5.41) is 4.16. The zero-order chi connectivity index (χ0) is 13.0. The Morgan fingerprint density at radius 3 is 2.89 bits per heavy atom. The molecule has 4 heteroatoms. The quantitative estimate of drug-likeness (QED) is 0.902. The number of halogens is 1. The molecule has 0 aliphatic carbocycles. The average molecular weight is 326 g/mol. The fourth-order valence-electron chi connectivity index (χ4n) is 1.69. The van der Waals surface area contributed by atoms with Crippen LogP contribution in [-0.4, -0.2) is 6.04 Å². The van der Waals surface area contributed by atoms with Crippen LogP contribution in [0.5, 0.6) is 5.75 Å². The molecule has 0 saturated carbocycles. The van der Waals surface area contributed by atoms with E-state index in [-0.39, 0.29) is 6.04 Å². The van der Waals surface area contributed by atoms with E-state index in [1.165, 1.54) is 11.1 Å². The van der Waals surface area contributed by atoms with Crippen molar-refractivity contribution in [2.24, 2.45) is 5.73 Å². The lowest BCUT2D eigenvalue weighted by Crippen LogP contribution is -2.18. The third-order valence-electron chi connectivity index (χ3n) is 2.54. The van der Waals surface area contributed by atoms with Gasteiger partial charge >= 0.3 is 0 Å². The number of nitrogens with two attached hydrogens (primary N) is 1. The molecule has 2 nitrogen and oxygen atoms in total. The Balaban J connectivity index is 2.04. The summed E-state index contributed by atoms with van der Waals surface area (Å²) >= 11 is 5.22. The molecule has 0 fully saturated rings. The number of benzene rings is 1. The van der Waals surface area contributed by atoms with E-state index in [0.717, 1.165) is 16.6 Å². The molecule has 0 aliphatic rings. The first kappa shape index (κ1) is 13.6. The molecule has 1 heterocycles. The summed E-state index contributed by atoms with van der Waals surface area (Å²) in [6.45, 7) is 2.62. The lowest BCUT2D eigenvalue weighted by atomic mass is 10.1. The molecule has 0 saturated heterocycles. The fraction of sp³-hybridized carbons (Fsp3) is 0.286. The van der Waals surface area contributed by atoms with E-state index in [9.17, 15) is 0 Å². The van der Waals surface area contributed by atoms with Crippen molar-refractivity contribution in [2.75, 3.05) is 0 Å². The van der Waals surface area contributed by atoms with Gasteiger partial charge in [-0.05, 0) is 59.5 Å². The van der Waals surface area contributed by atoms with Crippen molar-refractivity contribution in [1.29, 1.82) is 0 Å². The predicted octanol–water partition coefficient (Wildman–Crippen LogP) is 3.98. The molecule has 1 aromatic carbocycles. The van der Waals surface area contributed by atoms with Crippen LogP contribution in [0, 0.1) is 0 Å². The summed E-state index contributed by atoms with van der Waals surface area (Å²) in [5.74, 6) is 0.889. The molecule has 0 aliphatic heterocycles. The van der Waals surface area contributed by atoms with E-state index < -0.39 is 0 Å². The van der Waals surface area contributed by atoms with Crippen LogP contribution in [0.15, 0.2) is 39.5 Å². The van der Waals surface area contributed by atoms with Gasteiger partial charge in [-0.15, -0.1) is 0 Å². The molecule has 0 bridgehead atoms. The molecule has 2 rings (SSSR count). The van der Waals surface area contributed by atoms with Crippen molar-refractivity contribution in [1.82, 2.24) is 0 Å². The van der Waals surface area contributed by atoms with Crippen LogP contribution in [0.2, 0.25) is 0 Å². The molecule has 2 N–H and O–H groups in total. The molecular formula is C14H16BrNOS. The smallest absolute Gasteiger partial charge is 0.120 e. The van der Waals surface area contributed by atoms with Gasteiger partial charge in [0.15, 0.2) is 0 Å². The lowest BCUT2D eigenvalue weighted by molar-refractivity contribution is 0.306. The summed E-state index contributed by atoms with van der Waals surface area (Å²) in [5.41, 5.74) is 8.23. The third kappa shape index (κ3) is 3.83. The van der Waals surface area contributed by atoms with Gasteiger partial charge in [0.25, 0.3) is 0 Å². The van der Waals surface area contributed by atoms with Crippen molar-refractivity contribution >= 4 is 27.3 Å². The molecular weight excluding hydrogens is 310 g/mol. The highest BCUT2D eigenvalue weighted by Gasteiger charge is 2.05. The SMILES string of the molecule is CC(N)Cc1cc(OCc2ccsc2)ccc1Br. The van der Waals surface area contributed by atoms with Gasteiger partial charge in [-0.3, -0.25) is 0 Å². The lowest BCUT2D eigenvalue weighted by Gasteiger charge is -2.11. The highest BCUT2D eigenvalue weighted by Crippen LogP contribution is 2.24. The number of hydrogen-bond acceptors (Lipinski definition) is 3. The van der Waals surface area contributed by atoms with Crippen molar-refractivity contribution < 1.29 is 4.74 Å². The summed E-state index contributed by atoms with van der Waals surface area (Å²) in [6.07, 6.45) is 0.843. The summed E-state index contributed by atoms with van der Waals surface area (Å²) in [7, 11) is 0. The van der Waals surface area contributed by atoms with Gasteiger partial charge in [-0.2, -0.15) is 11.3 Å². The Hall–Kier alpha value is -0.840. The van der Waals surface area contributed by atoms with Crippen LogP contribution in [0.25, 0.3) is 0 Å². The van der Waals surface area contributed by atoms with Crippen molar-refractivity contribution in [2.45, 2.75) is 26.0 Å². The number of rotatable bonds is 5. The predicted molar refractivity (Wildman–Crippen MR) is 80.1 cm³/mol. The fourth-order valence-corrected chi connectivity index (χ4v) is 2.75. The maximum absolute atomic E-state index is 5.83. The average Bonchev–Trinajstić information content (AvgIpc) is 2.82. The summed E-state index contributed by atoms with van der Waals surface area (Å²) in [4.78, 5) is 0. The molecule has 18 heavy (non-hydrogen) atoms. The molecule has 1 aromatic heterocycles. The molecule has 0 amide bonds. The molecule has 1 unspecified atom stereocenters.